The highest BCUT2D eigenvalue weighted by Gasteiger charge is 2.26. The molecule has 1 aromatic carbocycles. The first-order valence-corrected chi connectivity index (χ1v) is 7.36. The standard InChI is InChI=1S/C15H20N2O2S/c16-14(20)11-4-6-12(7-5-11)15(19)17-9-2-1-3-13(17)8-10-18/h4-7,13,18H,1-3,8-10H2,(H2,16,20). The van der Waals surface area contributed by atoms with Crippen LogP contribution in [0.25, 0.3) is 0 Å². The van der Waals surface area contributed by atoms with Crippen molar-refractivity contribution in [2.45, 2.75) is 31.7 Å². The zero-order chi connectivity index (χ0) is 14.5. The van der Waals surface area contributed by atoms with Gasteiger partial charge in [0.2, 0.25) is 0 Å². The van der Waals surface area contributed by atoms with Crippen LogP contribution in [-0.2, 0) is 0 Å². The minimum absolute atomic E-state index is 0.0256. The van der Waals surface area contributed by atoms with Gasteiger partial charge in [0.15, 0.2) is 0 Å². The quantitative estimate of drug-likeness (QED) is 0.829. The Balaban J connectivity index is 2.14. The number of nitrogens with zero attached hydrogens (tertiary/aromatic N) is 1. The minimum atomic E-state index is 0.0256. The van der Waals surface area contributed by atoms with Gasteiger partial charge in [0.05, 0.1) is 0 Å². The number of piperidine rings is 1. The molecule has 0 radical (unpaired) electrons. The zero-order valence-electron chi connectivity index (χ0n) is 11.4. The summed E-state index contributed by atoms with van der Waals surface area (Å²) in [4.78, 5) is 14.8. The summed E-state index contributed by atoms with van der Waals surface area (Å²) in [6, 6.07) is 7.24. The van der Waals surface area contributed by atoms with Crippen molar-refractivity contribution in [2.75, 3.05) is 13.2 Å². The maximum atomic E-state index is 12.5. The molecule has 1 aliphatic rings. The number of hydrogen-bond donors (Lipinski definition) is 2. The van der Waals surface area contributed by atoms with Crippen LogP contribution in [0.4, 0.5) is 0 Å². The lowest BCUT2D eigenvalue weighted by atomic mass is 9.98. The van der Waals surface area contributed by atoms with E-state index in [4.69, 9.17) is 23.1 Å². The highest BCUT2D eigenvalue weighted by Crippen LogP contribution is 2.22. The molecule has 1 aliphatic heterocycles. The number of benzene rings is 1. The third-order valence-corrected chi connectivity index (χ3v) is 4.00. The van der Waals surface area contributed by atoms with Crippen molar-refractivity contribution in [3.05, 3.63) is 35.4 Å². The van der Waals surface area contributed by atoms with Gasteiger partial charge in [0, 0.05) is 30.3 Å². The lowest BCUT2D eigenvalue weighted by molar-refractivity contribution is 0.0574. The molecular formula is C15H20N2O2S. The highest BCUT2D eigenvalue weighted by atomic mass is 32.1. The lowest BCUT2D eigenvalue weighted by Gasteiger charge is -2.35. The summed E-state index contributed by atoms with van der Waals surface area (Å²) in [5, 5.41) is 9.12. The monoisotopic (exact) mass is 292 g/mol. The number of aliphatic hydroxyl groups excluding tert-OH is 1. The average Bonchev–Trinajstić information content (AvgIpc) is 2.47. The maximum Gasteiger partial charge on any atom is 0.254 e. The molecule has 1 amide bonds. The normalized spacial score (nSPS) is 18.9. The number of rotatable bonds is 4. The van der Waals surface area contributed by atoms with Gasteiger partial charge >= 0.3 is 0 Å². The van der Waals surface area contributed by atoms with Crippen LogP contribution in [0, 0.1) is 0 Å². The van der Waals surface area contributed by atoms with Crippen molar-refractivity contribution in [2.24, 2.45) is 5.73 Å². The fourth-order valence-corrected chi connectivity index (χ4v) is 2.80. The third kappa shape index (κ3) is 3.35. The van der Waals surface area contributed by atoms with Crippen molar-refractivity contribution >= 4 is 23.1 Å². The first kappa shape index (κ1) is 14.9. The van der Waals surface area contributed by atoms with Crippen LogP contribution in [0.5, 0.6) is 0 Å². The number of hydrogen-bond acceptors (Lipinski definition) is 3. The molecule has 0 bridgehead atoms. The van der Waals surface area contributed by atoms with Gasteiger partial charge in [-0.2, -0.15) is 0 Å². The SMILES string of the molecule is NC(=S)c1ccc(C(=O)N2CCCCC2CCO)cc1. The molecule has 1 atom stereocenters. The van der Waals surface area contributed by atoms with E-state index < -0.39 is 0 Å². The van der Waals surface area contributed by atoms with Crippen LogP contribution in [0.15, 0.2) is 24.3 Å². The predicted octanol–water partition coefficient (Wildman–Crippen LogP) is 1.70. The van der Waals surface area contributed by atoms with Crippen molar-refractivity contribution in [1.82, 2.24) is 4.90 Å². The summed E-state index contributed by atoms with van der Waals surface area (Å²) < 4.78 is 0. The Kier molecular flexibility index (Phi) is 5.09. The summed E-state index contributed by atoms with van der Waals surface area (Å²) in [6.45, 7) is 0.884. The number of aliphatic hydroxyl groups is 1. The molecule has 1 fully saturated rings. The average molecular weight is 292 g/mol. The van der Waals surface area contributed by atoms with Gasteiger partial charge < -0.3 is 15.7 Å². The van der Waals surface area contributed by atoms with E-state index >= 15 is 0 Å². The fraction of sp³-hybridized carbons (Fsp3) is 0.467. The molecule has 20 heavy (non-hydrogen) atoms. The molecule has 1 unspecified atom stereocenters. The van der Waals surface area contributed by atoms with Crippen LogP contribution in [0.1, 0.15) is 41.6 Å². The van der Waals surface area contributed by atoms with Gasteiger partial charge in [0.1, 0.15) is 4.99 Å². The van der Waals surface area contributed by atoms with Crippen LogP contribution in [0.2, 0.25) is 0 Å². The van der Waals surface area contributed by atoms with E-state index in [1.165, 1.54) is 0 Å². The first-order chi connectivity index (χ1) is 9.63. The second kappa shape index (κ2) is 6.81. The van der Waals surface area contributed by atoms with Gasteiger partial charge in [-0.3, -0.25) is 4.79 Å². The number of carbonyl (C=O) groups excluding carboxylic acids is 1. The van der Waals surface area contributed by atoms with E-state index in [-0.39, 0.29) is 18.6 Å². The Morgan fingerprint density at radius 3 is 2.55 bits per heavy atom. The molecule has 3 N–H and O–H groups in total. The Morgan fingerprint density at radius 1 is 1.30 bits per heavy atom. The second-order valence-corrected chi connectivity index (χ2v) is 5.54. The number of carbonyl (C=O) groups is 1. The van der Waals surface area contributed by atoms with Crippen molar-refractivity contribution in [3.63, 3.8) is 0 Å². The molecular weight excluding hydrogens is 272 g/mol. The van der Waals surface area contributed by atoms with Crippen LogP contribution >= 0.6 is 12.2 Å². The summed E-state index contributed by atoms with van der Waals surface area (Å²) in [7, 11) is 0. The predicted molar refractivity (Wildman–Crippen MR) is 82.7 cm³/mol. The van der Waals surface area contributed by atoms with E-state index in [2.05, 4.69) is 0 Å². The Labute approximate surface area is 124 Å². The van der Waals surface area contributed by atoms with E-state index in [1.807, 2.05) is 4.90 Å². The van der Waals surface area contributed by atoms with E-state index in [9.17, 15) is 4.79 Å². The van der Waals surface area contributed by atoms with Gasteiger partial charge in [-0.05, 0) is 37.8 Å². The third-order valence-electron chi connectivity index (χ3n) is 3.77. The van der Waals surface area contributed by atoms with Gasteiger partial charge in [-0.15, -0.1) is 0 Å². The smallest absolute Gasteiger partial charge is 0.254 e. The van der Waals surface area contributed by atoms with E-state index in [0.29, 0.717) is 17.0 Å². The molecule has 1 aromatic rings. The molecule has 0 aromatic heterocycles. The van der Waals surface area contributed by atoms with E-state index in [0.717, 1.165) is 31.4 Å². The number of amides is 1. The number of nitrogens with two attached hydrogens (primary N) is 1. The Bertz CT molecular complexity index is 485. The van der Waals surface area contributed by atoms with Crippen LogP contribution < -0.4 is 5.73 Å². The van der Waals surface area contributed by atoms with Crippen LogP contribution in [0.3, 0.4) is 0 Å². The molecule has 0 saturated carbocycles. The number of likely N-dealkylation sites (tertiary alicyclic amines) is 1. The lowest BCUT2D eigenvalue weighted by Crippen LogP contribution is -2.44. The maximum absolute atomic E-state index is 12.5. The van der Waals surface area contributed by atoms with Crippen molar-refractivity contribution in [3.8, 4) is 0 Å². The fourth-order valence-electron chi connectivity index (χ4n) is 2.66. The zero-order valence-corrected chi connectivity index (χ0v) is 12.2. The first-order valence-electron chi connectivity index (χ1n) is 6.95. The van der Waals surface area contributed by atoms with Gasteiger partial charge in [0.25, 0.3) is 5.91 Å². The summed E-state index contributed by atoms with van der Waals surface area (Å²) in [5.41, 5.74) is 6.97. The molecule has 108 valence electrons. The Morgan fingerprint density at radius 2 is 1.95 bits per heavy atom. The second-order valence-electron chi connectivity index (χ2n) is 5.10. The topological polar surface area (TPSA) is 66.6 Å². The molecule has 2 rings (SSSR count). The largest absolute Gasteiger partial charge is 0.396 e. The summed E-state index contributed by atoms with van der Waals surface area (Å²) >= 11 is 4.90. The highest BCUT2D eigenvalue weighted by molar-refractivity contribution is 7.80. The molecule has 1 heterocycles. The summed E-state index contributed by atoms with van der Waals surface area (Å²) in [6.07, 6.45) is 3.77. The van der Waals surface area contributed by atoms with Crippen LogP contribution in [-0.4, -0.2) is 40.1 Å². The minimum Gasteiger partial charge on any atom is -0.396 e. The van der Waals surface area contributed by atoms with Gasteiger partial charge in [-0.1, -0.05) is 24.4 Å². The molecule has 0 spiro atoms. The Hall–Kier alpha value is -1.46. The molecule has 5 heteroatoms. The summed E-state index contributed by atoms with van der Waals surface area (Å²) in [5.74, 6) is 0.0256. The van der Waals surface area contributed by atoms with Crippen molar-refractivity contribution in [1.29, 1.82) is 0 Å². The van der Waals surface area contributed by atoms with E-state index in [1.54, 1.807) is 24.3 Å². The number of thiocarbonyl (C=S) groups is 1. The van der Waals surface area contributed by atoms with Gasteiger partial charge in [-0.25, -0.2) is 0 Å². The molecule has 0 aliphatic carbocycles. The molecule has 1 saturated heterocycles. The van der Waals surface area contributed by atoms with Crippen molar-refractivity contribution < 1.29 is 9.90 Å². The molecule has 4 nitrogen and oxygen atoms in total.